The molecule has 7 heteroatoms. The van der Waals surface area contributed by atoms with Crippen LogP contribution in [0.4, 0.5) is 0 Å². The number of fused-ring (bicyclic) bond motifs is 5. The van der Waals surface area contributed by atoms with Crippen molar-refractivity contribution in [1.29, 1.82) is 0 Å². The van der Waals surface area contributed by atoms with Gasteiger partial charge in [0, 0.05) is 32.6 Å². The topological polar surface area (TPSA) is 92.9 Å². The molecule has 5 unspecified atom stereocenters. The fourth-order valence-electron chi connectivity index (χ4n) is 4.19. The third-order valence-electron chi connectivity index (χ3n) is 6.00. The molecule has 2 N–H and O–H groups in total. The first-order valence-electron chi connectivity index (χ1n) is 9.31. The zero-order valence-electron chi connectivity index (χ0n) is 15.3. The van der Waals surface area contributed by atoms with Crippen LogP contribution < -0.4 is 5.73 Å². The lowest BCUT2D eigenvalue weighted by molar-refractivity contribution is -0.143. The van der Waals surface area contributed by atoms with Gasteiger partial charge < -0.3 is 15.4 Å². The van der Waals surface area contributed by atoms with E-state index in [0.717, 1.165) is 19.3 Å². The van der Waals surface area contributed by atoms with Crippen LogP contribution in [0.25, 0.3) is 0 Å². The number of likely N-dealkylation sites (tertiary alicyclic amines) is 1. The minimum atomic E-state index is -0.317. The van der Waals surface area contributed by atoms with Crippen molar-refractivity contribution < 1.29 is 19.1 Å². The Morgan fingerprint density at radius 3 is 2.32 bits per heavy atom. The first-order chi connectivity index (χ1) is 11.8. The Balaban J connectivity index is 1.49. The van der Waals surface area contributed by atoms with Gasteiger partial charge in [0.2, 0.25) is 17.7 Å². The van der Waals surface area contributed by atoms with E-state index in [-0.39, 0.29) is 60.8 Å². The quantitative estimate of drug-likeness (QED) is 0.669. The van der Waals surface area contributed by atoms with Gasteiger partial charge in [0.25, 0.3) is 0 Å². The van der Waals surface area contributed by atoms with Crippen molar-refractivity contribution in [3.05, 3.63) is 0 Å². The molecule has 7 nitrogen and oxygen atoms in total. The number of nitrogens with two attached hydrogens (primary N) is 1. The van der Waals surface area contributed by atoms with Crippen molar-refractivity contribution >= 4 is 17.7 Å². The molecule has 2 bridgehead atoms. The molecule has 0 saturated carbocycles. The number of nitrogens with zero attached hydrogens (tertiary/aromatic N) is 2. The predicted molar refractivity (Wildman–Crippen MR) is 91.3 cm³/mol. The number of carbonyl (C=O) groups excluding carboxylic acids is 3. The van der Waals surface area contributed by atoms with Crippen molar-refractivity contribution in [3.63, 3.8) is 0 Å². The number of hydrogen-bond donors (Lipinski definition) is 1. The molecule has 0 aromatic carbocycles. The molecular weight excluding hydrogens is 322 g/mol. The molecule has 3 aliphatic rings. The van der Waals surface area contributed by atoms with Crippen molar-refractivity contribution in [2.45, 2.75) is 57.8 Å². The molecular formula is C18H29N3O4. The van der Waals surface area contributed by atoms with Gasteiger partial charge in [-0.2, -0.15) is 0 Å². The van der Waals surface area contributed by atoms with Crippen LogP contribution in [0, 0.1) is 17.8 Å². The van der Waals surface area contributed by atoms with Crippen LogP contribution in [0.15, 0.2) is 0 Å². The van der Waals surface area contributed by atoms with Gasteiger partial charge in [0.15, 0.2) is 0 Å². The van der Waals surface area contributed by atoms with Crippen molar-refractivity contribution in [1.82, 2.24) is 9.80 Å². The number of carbonyl (C=O) groups is 3. The van der Waals surface area contributed by atoms with Crippen LogP contribution in [-0.2, 0) is 19.1 Å². The maximum Gasteiger partial charge on any atom is 0.235 e. The smallest absolute Gasteiger partial charge is 0.235 e. The normalized spacial score (nSPS) is 31.8. The van der Waals surface area contributed by atoms with Gasteiger partial charge in [-0.15, -0.1) is 0 Å². The number of imide groups is 1. The highest BCUT2D eigenvalue weighted by atomic mass is 16.5. The molecule has 0 spiro atoms. The molecule has 3 amide bonds. The summed E-state index contributed by atoms with van der Waals surface area (Å²) in [5, 5.41) is 0. The maximum atomic E-state index is 12.5. The van der Waals surface area contributed by atoms with E-state index < -0.39 is 0 Å². The van der Waals surface area contributed by atoms with Gasteiger partial charge in [-0.25, -0.2) is 0 Å². The summed E-state index contributed by atoms with van der Waals surface area (Å²) in [6, 6.07) is 0.0619. The summed E-state index contributed by atoms with van der Waals surface area (Å²) in [7, 11) is 1.74. The number of hydrogen-bond acceptors (Lipinski definition) is 5. The maximum absolute atomic E-state index is 12.5. The van der Waals surface area contributed by atoms with Crippen molar-refractivity contribution in [3.8, 4) is 0 Å². The van der Waals surface area contributed by atoms with Crippen LogP contribution in [0.1, 0.15) is 39.5 Å². The minimum absolute atomic E-state index is 0.0619. The lowest BCUT2D eigenvalue weighted by atomic mass is 9.81. The van der Waals surface area contributed by atoms with E-state index in [2.05, 4.69) is 13.8 Å². The summed E-state index contributed by atoms with van der Waals surface area (Å²) in [6.45, 7) is 4.88. The van der Waals surface area contributed by atoms with Gasteiger partial charge >= 0.3 is 0 Å². The monoisotopic (exact) mass is 351 g/mol. The van der Waals surface area contributed by atoms with Crippen LogP contribution in [0.2, 0.25) is 0 Å². The first kappa shape index (κ1) is 18.3. The van der Waals surface area contributed by atoms with Crippen molar-refractivity contribution in [2.24, 2.45) is 23.5 Å². The standard InChI is InChI=1S/C18H29N3O4/c1-10(2)11(19)6-8-20(3)14(22)7-9-21-17(23)15-12-4-5-13(25-12)16(15)18(21)24/h10-13,15-16H,4-9,19H2,1-3H3. The first-order valence-corrected chi connectivity index (χ1v) is 9.31. The number of ether oxygens (including phenoxy) is 1. The number of rotatable bonds is 7. The Morgan fingerprint density at radius 2 is 1.80 bits per heavy atom. The van der Waals surface area contributed by atoms with Gasteiger partial charge in [0.1, 0.15) is 0 Å². The Morgan fingerprint density at radius 1 is 1.24 bits per heavy atom. The molecule has 3 rings (SSSR count). The van der Waals surface area contributed by atoms with Crippen molar-refractivity contribution in [2.75, 3.05) is 20.1 Å². The molecule has 25 heavy (non-hydrogen) atoms. The average Bonchev–Trinajstić information content (AvgIpc) is 3.25. The summed E-state index contributed by atoms with van der Waals surface area (Å²) in [5.41, 5.74) is 6.01. The summed E-state index contributed by atoms with van der Waals surface area (Å²) in [5.74, 6) is -0.626. The highest BCUT2D eigenvalue weighted by Crippen LogP contribution is 2.48. The predicted octanol–water partition coefficient (Wildman–Crippen LogP) is 0.371. The van der Waals surface area contributed by atoms with E-state index in [1.54, 1.807) is 11.9 Å². The molecule has 3 saturated heterocycles. The second-order valence-corrected chi connectivity index (χ2v) is 7.93. The average molecular weight is 351 g/mol. The molecule has 0 radical (unpaired) electrons. The lowest BCUT2D eigenvalue weighted by Gasteiger charge is -2.23. The Bertz CT molecular complexity index is 537. The van der Waals surface area contributed by atoms with E-state index in [9.17, 15) is 14.4 Å². The lowest BCUT2D eigenvalue weighted by Crippen LogP contribution is -2.39. The van der Waals surface area contributed by atoms with Crippen LogP contribution in [0.5, 0.6) is 0 Å². The molecule has 5 atom stereocenters. The highest BCUT2D eigenvalue weighted by Gasteiger charge is 2.62. The fourth-order valence-corrected chi connectivity index (χ4v) is 4.19. The van der Waals surface area contributed by atoms with E-state index in [4.69, 9.17) is 10.5 Å². The largest absolute Gasteiger partial charge is 0.373 e. The van der Waals surface area contributed by atoms with Gasteiger partial charge in [0.05, 0.1) is 24.0 Å². The summed E-state index contributed by atoms with van der Waals surface area (Å²) >= 11 is 0. The van der Waals surface area contributed by atoms with Gasteiger partial charge in [-0.05, 0) is 25.2 Å². The Labute approximate surface area is 148 Å². The van der Waals surface area contributed by atoms with Crippen LogP contribution in [-0.4, -0.2) is 65.9 Å². The van der Waals surface area contributed by atoms with E-state index >= 15 is 0 Å². The van der Waals surface area contributed by atoms with Crippen LogP contribution >= 0.6 is 0 Å². The molecule has 3 aliphatic heterocycles. The van der Waals surface area contributed by atoms with E-state index in [1.807, 2.05) is 0 Å². The highest BCUT2D eigenvalue weighted by molar-refractivity contribution is 6.06. The molecule has 0 aromatic rings. The fraction of sp³-hybridized carbons (Fsp3) is 0.833. The summed E-state index contributed by atoms with van der Waals surface area (Å²) in [6.07, 6.45) is 2.42. The second kappa shape index (κ2) is 7.03. The third-order valence-corrected chi connectivity index (χ3v) is 6.00. The van der Waals surface area contributed by atoms with Crippen LogP contribution in [0.3, 0.4) is 0 Å². The molecule has 0 aliphatic carbocycles. The molecule has 3 fully saturated rings. The van der Waals surface area contributed by atoms with E-state index in [0.29, 0.717) is 12.5 Å². The second-order valence-electron chi connectivity index (χ2n) is 7.93. The number of amides is 3. The summed E-state index contributed by atoms with van der Waals surface area (Å²) < 4.78 is 5.71. The Hall–Kier alpha value is -1.47. The van der Waals surface area contributed by atoms with Gasteiger partial charge in [-0.1, -0.05) is 13.8 Å². The molecule has 140 valence electrons. The SMILES string of the molecule is CC(C)C(N)CCN(C)C(=O)CCN1C(=O)C2C3CCC(O3)C2C1=O. The molecule has 0 aromatic heterocycles. The Kier molecular flexibility index (Phi) is 5.16. The van der Waals surface area contributed by atoms with E-state index in [1.165, 1.54) is 4.90 Å². The summed E-state index contributed by atoms with van der Waals surface area (Å²) in [4.78, 5) is 40.3. The zero-order chi connectivity index (χ0) is 18.3. The van der Waals surface area contributed by atoms with Gasteiger partial charge in [-0.3, -0.25) is 19.3 Å². The minimum Gasteiger partial charge on any atom is -0.373 e. The zero-order valence-corrected chi connectivity index (χ0v) is 15.3. The third kappa shape index (κ3) is 3.31. The molecule has 3 heterocycles.